The van der Waals surface area contributed by atoms with Gasteiger partial charge in [0.2, 0.25) is 0 Å². The lowest BCUT2D eigenvalue weighted by atomic mass is 10.3. The summed E-state index contributed by atoms with van der Waals surface area (Å²) in [6, 6.07) is 0. The van der Waals surface area contributed by atoms with Crippen molar-refractivity contribution >= 4 is 0 Å². The lowest BCUT2D eigenvalue weighted by Gasteiger charge is -2.03. The van der Waals surface area contributed by atoms with Gasteiger partial charge in [0.15, 0.2) is 0 Å². The number of nitrogens with zero attached hydrogens (tertiary/aromatic N) is 2. The predicted octanol–water partition coefficient (Wildman–Crippen LogP) is 2.09. The molecule has 74 valence electrons. The maximum absolute atomic E-state index is 5.38. The first kappa shape index (κ1) is 10.3. The molecule has 0 saturated carbocycles. The van der Waals surface area contributed by atoms with Crippen molar-refractivity contribution in [3.8, 4) is 0 Å². The summed E-state index contributed by atoms with van der Waals surface area (Å²) in [5.74, 6) is 0. The van der Waals surface area contributed by atoms with Crippen molar-refractivity contribution in [2.24, 2.45) is 0 Å². The standard InChI is InChI=1S/C10H18N2O/c1-2-8-13-9-4-3-6-12-7-5-11-10-12/h5,7,10H,2-4,6,8-9H2,1H3. The molecule has 0 bridgehead atoms. The van der Waals surface area contributed by atoms with Gasteiger partial charge in [-0.15, -0.1) is 0 Å². The van der Waals surface area contributed by atoms with Crippen LogP contribution in [0.3, 0.4) is 0 Å². The lowest BCUT2D eigenvalue weighted by Crippen LogP contribution is -1.99. The molecule has 0 fully saturated rings. The van der Waals surface area contributed by atoms with Gasteiger partial charge in [0, 0.05) is 32.2 Å². The van der Waals surface area contributed by atoms with E-state index < -0.39 is 0 Å². The molecule has 0 radical (unpaired) electrons. The third-order valence-electron chi connectivity index (χ3n) is 1.86. The Morgan fingerprint density at radius 1 is 1.31 bits per heavy atom. The van der Waals surface area contributed by atoms with Gasteiger partial charge in [0.05, 0.1) is 6.33 Å². The quantitative estimate of drug-likeness (QED) is 0.604. The van der Waals surface area contributed by atoms with Crippen LogP contribution < -0.4 is 0 Å². The molecule has 0 unspecified atom stereocenters. The molecular weight excluding hydrogens is 164 g/mol. The molecule has 13 heavy (non-hydrogen) atoms. The van der Waals surface area contributed by atoms with Gasteiger partial charge >= 0.3 is 0 Å². The first-order chi connectivity index (χ1) is 6.43. The van der Waals surface area contributed by atoms with E-state index in [1.807, 2.05) is 18.7 Å². The molecule has 1 rings (SSSR count). The first-order valence-electron chi connectivity index (χ1n) is 4.97. The summed E-state index contributed by atoms with van der Waals surface area (Å²) in [7, 11) is 0. The first-order valence-corrected chi connectivity index (χ1v) is 4.97. The molecule has 0 aromatic carbocycles. The molecule has 1 aromatic heterocycles. The Bertz CT molecular complexity index is 197. The Balaban J connectivity index is 1.90. The van der Waals surface area contributed by atoms with Crippen LogP contribution in [0.1, 0.15) is 26.2 Å². The molecule has 0 spiro atoms. The highest BCUT2D eigenvalue weighted by molar-refractivity contribution is 4.73. The van der Waals surface area contributed by atoms with Crippen LogP contribution in [0, 0.1) is 0 Å². The fourth-order valence-electron chi connectivity index (χ4n) is 1.16. The number of aromatic nitrogens is 2. The third kappa shape index (κ3) is 4.68. The van der Waals surface area contributed by atoms with E-state index in [4.69, 9.17) is 4.74 Å². The van der Waals surface area contributed by atoms with Crippen LogP contribution in [0.2, 0.25) is 0 Å². The average Bonchev–Trinajstić information content (AvgIpc) is 2.63. The maximum atomic E-state index is 5.38. The van der Waals surface area contributed by atoms with Crippen molar-refractivity contribution in [1.29, 1.82) is 0 Å². The zero-order valence-corrected chi connectivity index (χ0v) is 8.28. The second kappa shape index (κ2) is 6.66. The number of ether oxygens (including phenoxy) is 1. The minimum Gasteiger partial charge on any atom is -0.381 e. The van der Waals surface area contributed by atoms with E-state index in [1.165, 1.54) is 6.42 Å². The minimum atomic E-state index is 0.891. The number of unbranched alkanes of at least 4 members (excludes halogenated alkanes) is 1. The molecule has 3 heteroatoms. The normalized spacial score (nSPS) is 10.5. The SMILES string of the molecule is CCCOCCCCn1ccnc1. The molecule has 0 atom stereocenters. The number of rotatable bonds is 7. The van der Waals surface area contributed by atoms with E-state index >= 15 is 0 Å². The average molecular weight is 182 g/mol. The number of aryl methyl sites for hydroxylation is 1. The molecular formula is C10H18N2O. The third-order valence-corrected chi connectivity index (χ3v) is 1.86. The molecule has 0 aliphatic rings. The molecule has 0 aliphatic heterocycles. The summed E-state index contributed by atoms with van der Waals surface area (Å²) in [5, 5.41) is 0. The molecule has 1 aromatic rings. The molecule has 1 heterocycles. The molecule has 0 amide bonds. The van der Waals surface area contributed by atoms with Crippen molar-refractivity contribution in [2.45, 2.75) is 32.7 Å². The largest absolute Gasteiger partial charge is 0.381 e. The summed E-state index contributed by atoms with van der Waals surface area (Å²) < 4.78 is 7.47. The fraction of sp³-hybridized carbons (Fsp3) is 0.700. The van der Waals surface area contributed by atoms with E-state index in [-0.39, 0.29) is 0 Å². The number of imidazole rings is 1. The highest BCUT2D eigenvalue weighted by Crippen LogP contribution is 1.95. The van der Waals surface area contributed by atoms with Crippen LogP contribution in [0.5, 0.6) is 0 Å². The van der Waals surface area contributed by atoms with Crippen LogP contribution in [0.15, 0.2) is 18.7 Å². The Hall–Kier alpha value is -0.830. The Morgan fingerprint density at radius 3 is 2.92 bits per heavy atom. The smallest absolute Gasteiger partial charge is 0.0945 e. The Kier molecular flexibility index (Phi) is 5.25. The van der Waals surface area contributed by atoms with Crippen LogP contribution in [-0.4, -0.2) is 22.8 Å². The fourth-order valence-corrected chi connectivity index (χ4v) is 1.16. The van der Waals surface area contributed by atoms with Crippen molar-refractivity contribution in [2.75, 3.05) is 13.2 Å². The maximum Gasteiger partial charge on any atom is 0.0945 e. The Morgan fingerprint density at radius 2 is 2.23 bits per heavy atom. The van der Waals surface area contributed by atoms with Gasteiger partial charge in [-0.3, -0.25) is 0 Å². The highest BCUT2D eigenvalue weighted by Gasteiger charge is 1.90. The minimum absolute atomic E-state index is 0.891. The van der Waals surface area contributed by atoms with E-state index in [0.29, 0.717) is 0 Å². The zero-order valence-electron chi connectivity index (χ0n) is 8.28. The van der Waals surface area contributed by atoms with Gasteiger partial charge in [0.1, 0.15) is 0 Å². The lowest BCUT2D eigenvalue weighted by molar-refractivity contribution is 0.130. The summed E-state index contributed by atoms with van der Waals surface area (Å²) in [5.41, 5.74) is 0. The summed E-state index contributed by atoms with van der Waals surface area (Å²) >= 11 is 0. The van der Waals surface area contributed by atoms with E-state index in [1.54, 1.807) is 0 Å². The highest BCUT2D eigenvalue weighted by atomic mass is 16.5. The van der Waals surface area contributed by atoms with Gasteiger partial charge < -0.3 is 9.30 Å². The molecule has 0 aliphatic carbocycles. The van der Waals surface area contributed by atoms with Gasteiger partial charge in [-0.25, -0.2) is 4.98 Å². The van der Waals surface area contributed by atoms with E-state index in [0.717, 1.165) is 32.6 Å². The van der Waals surface area contributed by atoms with E-state index in [9.17, 15) is 0 Å². The van der Waals surface area contributed by atoms with Crippen LogP contribution in [0.25, 0.3) is 0 Å². The van der Waals surface area contributed by atoms with Crippen LogP contribution in [-0.2, 0) is 11.3 Å². The van der Waals surface area contributed by atoms with Gasteiger partial charge in [-0.05, 0) is 19.3 Å². The number of hydrogen-bond donors (Lipinski definition) is 0. The monoisotopic (exact) mass is 182 g/mol. The van der Waals surface area contributed by atoms with Crippen molar-refractivity contribution < 1.29 is 4.74 Å². The Labute approximate surface area is 79.7 Å². The summed E-state index contributed by atoms with van der Waals surface area (Å²) in [6.07, 6.45) is 9.08. The summed E-state index contributed by atoms with van der Waals surface area (Å²) in [4.78, 5) is 3.98. The number of hydrogen-bond acceptors (Lipinski definition) is 2. The molecule has 0 N–H and O–H groups in total. The van der Waals surface area contributed by atoms with Gasteiger partial charge in [-0.2, -0.15) is 0 Å². The van der Waals surface area contributed by atoms with Gasteiger partial charge in [-0.1, -0.05) is 6.92 Å². The van der Waals surface area contributed by atoms with Crippen LogP contribution >= 0.6 is 0 Å². The zero-order chi connectivity index (χ0) is 9.36. The molecule has 3 nitrogen and oxygen atoms in total. The van der Waals surface area contributed by atoms with E-state index in [2.05, 4.69) is 16.5 Å². The predicted molar refractivity (Wildman–Crippen MR) is 52.6 cm³/mol. The van der Waals surface area contributed by atoms with Gasteiger partial charge in [0.25, 0.3) is 0 Å². The van der Waals surface area contributed by atoms with Crippen LogP contribution in [0.4, 0.5) is 0 Å². The molecule has 0 saturated heterocycles. The van der Waals surface area contributed by atoms with Crippen molar-refractivity contribution in [3.63, 3.8) is 0 Å². The van der Waals surface area contributed by atoms with Crippen molar-refractivity contribution in [1.82, 2.24) is 9.55 Å². The second-order valence-electron chi connectivity index (χ2n) is 3.12. The van der Waals surface area contributed by atoms with Crippen molar-refractivity contribution in [3.05, 3.63) is 18.7 Å². The second-order valence-corrected chi connectivity index (χ2v) is 3.12. The topological polar surface area (TPSA) is 27.1 Å². The summed E-state index contributed by atoms with van der Waals surface area (Å²) in [6.45, 7) is 4.97.